The number of hydrogen-bond acceptors (Lipinski definition) is 4. The van der Waals surface area contributed by atoms with E-state index in [0.717, 1.165) is 10.4 Å². The van der Waals surface area contributed by atoms with Crippen LogP contribution in [0.25, 0.3) is 10.4 Å². The average molecular weight is 347 g/mol. The van der Waals surface area contributed by atoms with Gasteiger partial charge < -0.3 is 14.7 Å². The highest BCUT2D eigenvalue weighted by Gasteiger charge is 2.24. The van der Waals surface area contributed by atoms with E-state index >= 15 is 0 Å². The van der Waals surface area contributed by atoms with Gasteiger partial charge in [-0.2, -0.15) is 0 Å². The molecule has 0 bridgehead atoms. The first-order valence-corrected chi connectivity index (χ1v) is 8.56. The molecular formula is C18H21NO4S. The highest BCUT2D eigenvalue weighted by atomic mass is 32.1. The van der Waals surface area contributed by atoms with Crippen LogP contribution in [0.5, 0.6) is 5.75 Å². The Bertz CT molecular complexity index is 711. The molecule has 1 aromatic carbocycles. The third-order valence-electron chi connectivity index (χ3n) is 3.57. The van der Waals surface area contributed by atoms with Crippen LogP contribution in [0.15, 0.2) is 36.4 Å². The van der Waals surface area contributed by atoms with Crippen molar-refractivity contribution in [3.63, 3.8) is 0 Å². The minimum absolute atomic E-state index is 0.151. The maximum Gasteiger partial charge on any atom is 0.308 e. The molecule has 1 atom stereocenters. The Kier molecular flexibility index (Phi) is 5.98. The van der Waals surface area contributed by atoms with E-state index < -0.39 is 11.9 Å². The van der Waals surface area contributed by atoms with Crippen molar-refractivity contribution in [3.8, 4) is 16.2 Å². The highest BCUT2D eigenvalue weighted by molar-refractivity contribution is 7.17. The third kappa shape index (κ3) is 4.14. The molecule has 0 saturated carbocycles. The predicted octanol–water partition coefficient (Wildman–Crippen LogP) is 3.61. The van der Waals surface area contributed by atoms with E-state index in [4.69, 9.17) is 9.84 Å². The van der Waals surface area contributed by atoms with Crippen LogP contribution in [0.1, 0.15) is 23.5 Å². The summed E-state index contributed by atoms with van der Waals surface area (Å²) >= 11 is 1.36. The van der Waals surface area contributed by atoms with Crippen molar-refractivity contribution in [1.29, 1.82) is 0 Å². The molecule has 0 fully saturated rings. The Morgan fingerprint density at radius 1 is 1.29 bits per heavy atom. The van der Waals surface area contributed by atoms with Gasteiger partial charge in [0.15, 0.2) is 0 Å². The van der Waals surface area contributed by atoms with Crippen molar-refractivity contribution in [2.45, 2.75) is 13.8 Å². The zero-order valence-corrected chi connectivity index (χ0v) is 14.8. The molecule has 0 aliphatic heterocycles. The topological polar surface area (TPSA) is 66.8 Å². The van der Waals surface area contributed by atoms with Gasteiger partial charge in [0.05, 0.1) is 12.5 Å². The number of ether oxygens (including phenoxy) is 1. The average Bonchev–Trinajstić information content (AvgIpc) is 2.99. The lowest BCUT2D eigenvalue weighted by Gasteiger charge is -2.19. The van der Waals surface area contributed by atoms with Gasteiger partial charge in [0.2, 0.25) is 0 Å². The normalized spacial score (nSPS) is 11.8. The van der Waals surface area contributed by atoms with Crippen LogP contribution in [-0.2, 0) is 4.79 Å². The molecule has 6 heteroatoms. The summed E-state index contributed by atoms with van der Waals surface area (Å²) in [6.45, 7) is 4.06. The number of carbonyl (C=O) groups excluding carboxylic acids is 1. The number of amides is 1. The molecule has 5 nitrogen and oxygen atoms in total. The van der Waals surface area contributed by atoms with Crippen molar-refractivity contribution in [1.82, 2.24) is 4.90 Å². The van der Waals surface area contributed by atoms with Crippen LogP contribution >= 0.6 is 11.3 Å². The number of nitrogens with zero attached hydrogens (tertiary/aromatic N) is 1. The van der Waals surface area contributed by atoms with Gasteiger partial charge in [0.25, 0.3) is 5.91 Å². The molecule has 0 saturated heterocycles. The van der Waals surface area contributed by atoms with E-state index in [-0.39, 0.29) is 12.5 Å². The lowest BCUT2D eigenvalue weighted by molar-refractivity contribution is -0.141. The van der Waals surface area contributed by atoms with E-state index in [1.165, 1.54) is 16.2 Å². The molecule has 0 radical (unpaired) electrons. The molecule has 128 valence electrons. The summed E-state index contributed by atoms with van der Waals surface area (Å²) < 4.78 is 5.61. The van der Waals surface area contributed by atoms with Crippen molar-refractivity contribution in [2.24, 2.45) is 5.92 Å². The SMILES string of the molecule is CCOc1cc(-c2ccccc2)sc1C(=O)N(C)CC(C)C(=O)O. The van der Waals surface area contributed by atoms with Crippen molar-refractivity contribution >= 4 is 23.2 Å². The molecule has 1 heterocycles. The second-order valence-corrected chi connectivity index (χ2v) is 6.58. The monoisotopic (exact) mass is 347 g/mol. The fourth-order valence-electron chi connectivity index (χ4n) is 2.28. The Morgan fingerprint density at radius 3 is 2.54 bits per heavy atom. The first-order chi connectivity index (χ1) is 11.4. The van der Waals surface area contributed by atoms with Gasteiger partial charge >= 0.3 is 5.97 Å². The standard InChI is InChI=1S/C18H21NO4S/c1-4-23-14-10-15(13-8-6-5-7-9-13)24-16(14)17(20)19(3)11-12(2)18(21)22/h5-10,12H,4,11H2,1-3H3,(H,21,22). The first kappa shape index (κ1) is 18.0. The zero-order valence-electron chi connectivity index (χ0n) is 14.0. The molecule has 1 aromatic heterocycles. The van der Waals surface area contributed by atoms with Crippen LogP contribution < -0.4 is 4.74 Å². The molecule has 24 heavy (non-hydrogen) atoms. The summed E-state index contributed by atoms with van der Waals surface area (Å²) in [6, 6.07) is 11.6. The Morgan fingerprint density at radius 2 is 1.96 bits per heavy atom. The van der Waals surface area contributed by atoms with Gasteiger partial charge in [0.1, 0.15) is 10.6 Å². The summed E-state index contributed by atoms with van der Waals surface area (Å²) in [7, 11) is 1.61. The Balaban J connectivity index is 2.29. The van der Waals surface area contributed by atoms with Gasteiger partial charge in [-0.1, -0.05) is 37.3 Å². The maximum absolute atomic E-state index is 12.7. The molecule has 0 aliphatic rings. The second kappa shape index (κ2) is 7.97. The molecule has 1 unspecified atom stereocenters. The van der Waals surface area contributed by atoms with E-state index in [1.807, 2.05) is 43.3 Å². The smallest absolute Gasteiger partial charge is 0.308 e. The fraction of sp³-hybridized carbons (Fsp3) is 0.333. The predicted molar refractivity (Wildman–Crippen MR) is 94.7 cm³/mol. The van der Waals surface area contributed by atoms with Crippen molar-refractivity contribution < 1.29 is 19.4 Å². The molecule has 2 aromatic rings. The number of thiophene rings is 1. The van der Waals surface area contributed by atoms with Crippen LogP contribution in [-0.4, -0.2) is 42.1 Å². The number of carbonyl (C=O) groups is 2. The molecule has 1 N–H and O–H groups in total. The van der Waals surface area contributed by atoms with Crippen LogP contribution in [0, 0.1) is 5.92 Å². The number of benzene rings is 1. The number of aliphatic carboxylic acids is 1. The van der Waals surface area contributed by atoms with E-state index in [1.54, 1.807) is 14.0 Å². The molecular weight excluding hydrogens is 326 g/mol. The second-order valence-electron chi connectivity index (χ2n) is 5.53. The molecule has 2 rings (SSSR count). The number of carboxylic acids is 1. The van der Waals surface area contributed by atoms with Crippen LogP contribution in [0.2, 0.25) is 0 Å². The molecule has 0 aliphatic carbocycles. The van der Waals surface area contributed by atoms with Gasteiger partial charge in [-0.3, -0.25) is 9.59 Å². The fourth-order valence-corrected chi connectivity index (χ4v) is 3.38. The summed E-state index contributed by atoms with van der Waals surface area (Å²) in [4.78, 5) is 26.6. The van der Waals surface area contributed by atoms with Gasteiger partial charge in [-0.15, -0.1) is 11.3 Å². The largest absolute Gasteiger partial charge is 0.492 e. The number of carboxylic acid groups (broad SMARTS) is 1. The van der Waals surface area contributed by atoms with E-state index in [2.05, 4.69) is 0 Å². The summed E-state index contributed by atoms with van der Waals surface area (Å²) in [5.41, 5.74) is 1.02. The van der Waals surface area contributed by atoms with Gasteiger partial charge in [-0.25, -0.2) is 0 Å². The van der Waals surface area contributed by atoms with E-state index in [9.17, 15) is 9.59 Å². The van der Waals surface area contributed by atoms with Crippen LogP contribution in [0.4, 0.5) is 0 Å². The van der Waals surface area contributed by atoms with Crippen molar-refractivity contribution in [2.75, 3.05) is 20.2 Å². The Hall–Kier alpha value is -2.34. The lowest BCUT2D eigenvalue weighted by atomic mass is 10.1. The number of rotatable bonds is 7. The number of hydrogen-bond donors (Lipinski definition) is 1. The summed E-state index contributed by atoms with van der Waals surface area (Å²) in [6.07, 6.45) is 0. The minimum atomic E-state index is -0.921. The lowest BCUT2D eigenvalue weighted by Crippen LogP contribution is -2.33. The summed E-state index contributed by atoms with van der Waals surface area (Å²) in [5, 5.41) is 9.01. The summed E-state index contributed by atoms with van der Waals surface area (Å²) in [5.74, 6) is -1.22. The highest BCUT2D eigenvalue weighted by Crippen LogP contribution is 2.37. The minimum Gasteiger partial charge on any atom is -0.492 e. The third-order valence-corrected chi connectivity index (χ3v) is 4.72. The van der Waals surface area contributed by atoms with Gasteiger partial charge in [-0.05, 0) is 18.6 Å². The van der Waals surface area contributed by atoms with Crippen molar-refractivity contribution in [3.05, 3.63) is 41.3 Å². The molecule has 0 spiro atoms. The quantitative estimate of drug-likeness (QED) is 0.831. The van der Waals surface area contributed by atoms with Crippen LogP contribution in [0.3, 0.4) is 0 Å². The first-order valence-electron chi connectivity index (χ1n) is 7.74. The zero-order chi connectivity index (χ0) is 17.7. The van der Waals surface area contributed by atoms with E-state index in [0.29, 0.717) is 17.2 Å². The van der Waals surface area contributed by atoms with Gasteiger partial charge in [0, 0.05) is 18.5 Å². The Labute approximate surface area is 145 Å². The maximum atomic E-state index is 12.7. The molecule has 1 amide bonds.